The van der Waals surface area contributed by atoms with E-state index in [1.807, 2.05) is 25.1 Å². The number of aromatic nitrogens is 1. The summed E-state index contributed by atoms with van der Waals surface area (Å²) in [4.78, 5) is 0. The van der Waals surface area contributed by atoms with Crippen LogP contribution in [0.4, 0.5) is 0 Å². The first-order valence-corrected chi connectivity index (χ1v) is 7.63. The average Bonchev–Trinajstić information content (AvgIpc) is 2.94. The number of hydrogen-bond acceptors (Lipinski definition) is 3. The molecule has 0 spiro atoms. The number of pyridine rings is 1. The molecule has 1 saturated carbocycles. The van der Waals surface area contributed by atoms with Gasteiger partial charge in [0.1, 0.15) is 5.25 Å². The summed E-state index contributed by atoms with van der Waals surface area (Å²) in [5, 5.41) is -0.389. The summed E-state index contributed by atoms with van der Waals surface area (Å²) in [5.41, 5.74) is 0.764. The predicted octanol–water partition coefficient (Wildman–Crippen LogP) is 1.01. The van der Waals surface area contributed by atoms with Crippen molar-refractivity contribution in [2.45, 2.75) is 25.0 Å². The third-order valence-electron chi connectivity index (χ3n) is 3.79. The Balaban J connectivity index is 1.84. The molecule has 2 aliphatic rings. The van der Waals surface area contributed by atoms with Gasteiger partial charge in [0.25, 0.3) is 0 Å². The Labute approximate surface area is 107 Å². The molecule has 3 unspecified atom stereocenters. The molecule has 18 heavy (non-hydrogen) atoms. The van der Waals surface area contributed by atoms with Crippen molar-refractivity contribution in [3.63, 3.8) is 0 Å². The maximum Gasteiger partial charge on any atom is 0.370 e. The van der Waals surface area contributed by atoms with Gasteiger partial charge in [0.05, 0.1) is 0 Å². The van der Waals surface area contributed by atoms with Crippen LogP contribution in [0.25, 0.3) is 0 Å². The summed E-state index contributed by atoms with van der Waals surface area (Å²) in [7, 11) is -3.55. The van der Waals surface area contributed by atoms with Crippen LogP contribution in [0.1, 0.15) is 18.5 Å². The molecule has 96 valence electrons. The van der Waals surface area contributed by atoms with Crippen LogP contribution >= 0.6 is 0 Å². The van der Waals surface area contributed by atoms with Crippen molar-refractivity contribution >= 4 is 10.1 Å². The molecule has 5 heteroatoms. The highest BCUT2D eigenvalue weighted by Crippen LogP contribution is 2.42. The molecule has 0 aliphatic heterocycles. The number of nitrogens with zero attached hydrogens (tertiary/aromatic N) is 1. The van der Waals surface area contributed by atoms with E-state index in [2.05, 4.69) is 6.08 Å². The quantitative estimate of drug-likeness (QED) is 0.606. The van der Waals surface area contributed by atoms with Crippen molar-refractivity contribution in [1.82, 2.24) is 0 Å². The Morgan fingerprint density at radius 1 is 1.28 bits per heavy atom. The minimum atomic E-state index is -3.55. The second kappa shape index (κ2) is 4.09. The van der Waals surface area contributed by atoms with E-state index in [0.29, 0.717) is 12.3 Å². The van der Waals surface area contributed by atoms with Crippen LogP contribution in [0.2, 0.25) is 0 Å². The lowest BCUT2D eigenvalue weighted by Crippen LogP contribution is -2.51. The maximum atomic E-state index is 12.3. The van der Waals surface area contributed by atoms with E-state index in [1.54, 1.807) is 12.3 Å². The number of allylic oxidation sites excluding steroid dienone is 2. The molecule has 0 saturated heterocycles. The van der Waals surface area contributed by atoms with E-state index >= 15 is 0 Å². The van der Waals surface area contributed by atoms with E-state index in [-0.39, 0.29) is 11.2 Å². The standard InChI is InChI=1S/C13H16NO3S/c1-10-4-2-3-7-14(10)17-18(15,16)13-9-11-5-6-12(13)8-11/h2-7,11-13H,8-9H2,1H3/q+1. The summed E-state index contributed by atoms with van der Waals surface area (Å²) in [5.74, 6) is 0.546. The molecule has 2 bridgehead atoms. The van der Waals surface area contributed by atoms with Gasteiger partial charge in [-0.3, -0.25) is 0 Å². The van der Waals surface area contributed by atoms with Gasteiger partial charge >= 0.3 is 10.1 Å². The fourth-order valence-corrected chi connectivity index (χ4v) is 4.44. The van der Waals surface area contributed by atoms with E-state index in [4.69, 9.17) is 4.28 Å². The van der Waals surface area contributed by atoms with E-state index in [9.17, 15) is 8.42 Å². The van der Waals surface area contributed by atoms with Crippen LogP contribution < -0.4 is 9.01 Å². The molecule has 3 atom stereocenters. The fourth-order valence-electron chi connectivity index (χ4n) is 2.83. The lowest BCUT2D eigenvalue weighted by Gasteiger charge is -2.15. The first-order valence-electron chi connectivity index (χ1n) is 6.16. The molecule has 0 amide bonds. The Hall–Kier alpha value is -1.36. The Kier molecular flexibility index (Phi) is 2.66. The van der Waals surface area contributed by atoms with Crippen LogP contribution in [0.15, 0.2) is 36.5 Å². The Bertz CT molecular complexity index is 594. The van der Waals surface area contributed by atoms with E-state index < -0.39 is 10.1 Å². The average molecular weight is 266 g/mol. The highest BCUT2D eigenvalue weighted by atomic mass is 32.2. The van der Waals surface area contributed by atoms with Crippen molar-refractivity contribution in [2.24, 2.45) is 11.8 Å². The topological polar surface area (TPSA) is 47.2 Å². The van der Waals surface area contributed by atoms with Crippen molar-refractivity contribution in [1.29, 1.82) is 0 Å². The van der Waals surface area contributed by atoms with Crippen LogP contribution in [0.5, 0.6) is 0 Å². The third-order valence-corrected chi connectivity index (χ3v) is 5.44. The van der Waals surface area contributed by atoms with Gasteiger partial charge < -0.3 is 0 Å². The number of aryl methyl sites for hydroxylation is 1. The van der Waals surface area contributed by atoms with Gasteiger partial charge in [-0.25, -0.2) is 0 Å². The smallest absolute Gasteiger partial charge is 0.181 e. The molecule has 4 nitrogen and oxygen atoms in total. The molecule has 0 aromatic carbocycles. The monoisotopic (exact) mass is 266 g/mol. The Morgan fingerprint density at radius 2 is 2.11 bits per heavy atom. The van der Waals surface area contributed by atoms with Crippen LogP contribution in [0.3, 0.4) is 0 Å². The van der Waals surface area contributed by atoms with Gasteiger partial charge in [-0.05, 0) is 30.7 Å². The van der Waals surface area contributed by atoms with Crippen molar-refractivity contribution < 1.29 is 17.4 Å². The van der Waals surface area contributed by atoms with Gasteiger partial charge in [0.2, 0.25) is 11.9 Å². The zero-order valence-corrected chi connectivity index (χ0v) is 11.0. The Morgan fingerprint density at radius 3 is 2.72 bits per heavy atom. The molecule has 2 aliphatic carbocycles. The van der Waals surface area contributed by atoms with Gasteiger partial charge in [0.15, 0.2) is 0 Å². The maximum absolute atomic E-state index is 12.3. The summed E-state index contributed by atoms with van der Waals surface area (Å²) in [6.45, 7) is 1.82. The minimum absolute atomic E-state index is 0.129. The second-order valence-corrected chi connectivity index (χ2v) is 6.79. The molecule has 0 radical (unpaired) electrons. The van der Waals surface area contributed by atoms with Crippen LogP contribution in [0, 0.1) is 18.8 Å². The van der Waals surface area contributed by atoms with Crippen molar-refractivity contribution in [3.05, 3.63) is 42.2 Å². The zero-order valence-electron chi connectivity index (χ0n) is 10.2. The molecule has 1 aromatic rings. The highest BCUT2D eigenvalue weighted by molar-refractivity contribution is 7.87. The summed E-state index contributed by atoms with van der Waals surface area (Å²) in [6.07, 6.45) is 7.40. The SMILES string of the molecule is Cc1cccc[n+]1OS(=O)(=O)C1CC2C=CC1C2. The van der Waals surface area contributed by atoms with Crippen LogP contribution in [-0.2, 0) is 10.1 Å². The molecular weight excluding hydrogens is 250 g/mol. The summed E-state index contributed by atoms with van der Waals surface area (Å²) in [6, 6.07) is 5.42. The lowest BCUT2D eigenvalue weighted by molar-refractivity contribution is -0.860. The van der Waals surface area contributed by atoms with Gasteiger partial charge in [-0.15, -0.1) is 4.28 Å². The molecule has 0 N–H and O–H groups in total. The first-order chi connectivity index (χ1) is 8.56. The number of hydrogen-bond donors (Lipinski definition) is 0. The summed E-state index contributed by atoms with van der Waals surface area (Å²) >= 11 is 0. The number of fused-ring (bicyclic) bond motifs is 2. The van der Waals surface area contributed by atoms with E-state index in [1.165, 1.54) is 4.73 Å². The zero-order chi connectivity index (χ0) is 12.8. The molecule has 1 heterocycles. The van der Waals surface area contributed by atoms with Gasteiger partial charge in [-0.1, -0.05) is 12.2 Å². The third kappa shape index (κ3) is 1.92. The van der Waals surface area contributed by atoms with Gasteiger partial charge in [-0.2, -0.15) is 8.42 Å². The van der Waals surface area contributed by atoms with Crippen molar-refractivity contribution in [2.75, 3.05) is 0 Å². The largest absolute Gasteiger partial charge is 0.370 e. The molecule has 1 aromatic heterocycles. The normalized spacial score (nSPS) is 29.7. The molecule has 3 rings (SSSR count). The molecule has 1 fully saturated rings. The highest BCUT2D eigenvalue weighted by Gasteiger charge is 2.46. The van der Waals surface area contributed by atoms with Crippen LogP contribution in [-0.4, -0.2) is 13.7 Å². The van der Waals surface area contributed by atoms with E-state index in [0.717, 1.165) is 12.1 Å². The summed E-state index contributed by atoms with van der Waals surface area (Å²) < 4.78 is 31.1. The van der Waals surface area contributed by atoms with Crippen molar-refractivity contribution in [3.8, 4) is 0 Å². The minimum Gasteiger partial charge on any atom is -0.181 e. The first kappa shape index (κ1) is 11.7. The second-order valence-electron chi connectivity index (χ2n) is 5.05. The fraction of sp³-hybridized carbons (Fsp3) is 0.462. The lowest BCUT2D eigenvalue weighted by atomic mass is 10.1. The number of rotatable bonds is 3. The predicted molar refractivity (Wildman–Crippen MR) is 66.0 cm³/mol. The molecular formula is C13H16NO3S+. The van der Waals surface area contributed by atoms with Gasteiger partial charge in [0, 0.05) is 23.8 Å².